The maximum atomic E-state index is 6.59. The summed E-state index contributed by atoms with van der Waals surface area (Å²) in [5, 5.41) is 9.41. The van der Waals surface area contributed by atoms with Crippen LogP contribution in [0.1, 0.15) is 0 Å². The smallest absolute Gasteiger partial charge is 0.151 e. The summed E-state index contributed by atoms with van der Waals surface area (Å²) in [5.41, 5.74) is 10.7. The van der Waals surface area contributed by atoms with Crippen LogP contribution in [0.2, 0.25) is 0 Å². The molecule has 0 saturated heterocycles. The van der Waals surface area contributed by atoms with E-state index in [0.717, 1.165) is 89.8 Å². The standard InChI is InChI=1S/C58H36N2O2/c1-3-17-39-35-41(33-31-37(39)15-1)55-43-19-13-26-50(60-47-23-7-11-29-53(47)62-54-30-12-8-24-48(54)60)58(43)56(42-34-32-38-16-2-4-18-40(38)36-42)44-20-14-25-49(57(44)55)59-45-21-5-9-27-51(45)61-52-28-10-6-22-46(52)59/h1-36H. The second kappa shape index (κ2) is 13.6. The molecule has 2 heterocycles. The molecule has 4 heteroatoms. The molecule has 0 fully saturated rings. The number of fused-ring (bicyclic) bond motifs is 8. The summed E-state index contributed by atoms with van der Waals surface area (Å²) < 4.78 is 13.2. The highest BCUT2D eigenvalue weighted by atomic mass is 16.5. The molecule has 11 aromatic rings. The van der Waals surface area contributed by atoms with Gasteiger partial charge in [-0.3, -0.25) is 0 Å². The second-order valence-corrected chi connectivity index (χ2v) is 16.0. The fourth-order valence-corrected chi connectivity index (χ4v) is 9.88. The highest BCUT2D eigenvalue weighted by Gasteiger charge is 2.32. The summed E-state index contributed by atoms with van der Waals surface area (Å²) in [6.07, 6.45) is 0. The Morgan fingerprint density at radius 3 is 0.968 bits per heavy atom. The molecule has 11 aromatic carbocycles. The average molecular weight is 793 g/mol. The molecule has 0 aliphatic carbocycles. The van der Waals surface area contributed by atoms with Crippen molar-refractivity contribution >= 4 is 77.2 Å². The Balaban J connectivity index is 1.24. The zero-order valence-electron chi connectivity index (χ0n) is 33.5. The minimum absolute atomic E-state index is 0.818. The van der Waals surface area contributed by atoms with Crippen LogP contribution in [0.25, 0.3) is 65.3 Å². The Morgan fingerprint density at radius 2 is 0.581 bits per heavy atom. The first-order valence-corrected chi connectivity index (χ1v) is 21.1. The minimum atomic E-state index is 0.818. The summed E-state index contributed by atoms with van der Waals surface area (Å²) >= 11 is 0. The SMILES string of the molecule is c1ccc2c(c1)Oc1ccccc1N2c1cccc2c(-c3ccc4ccccc4c3)c3c(N4c5ccccc5Oc5ccccc54)cccc3c(-c3ccc4ccccc4c3)c12. The van der Waals surface area contributed by atoms with Crippen molar-refractivity contribution < 1.29 is 9.47 Å². The lowest BCUT2D eigenvalue weighted by Crippen LogP contribution is -2.17. The van der Waals surface area contributed by atoms with Crippen molar-refractivity contribution in [3.8, 4) is 45.3 Å². The maximum absolute atomic E-state index is 6.59. The van der Waals surface area contributed by atoms with E-state index in [-0.39, 0.29) is 0 Å². The van der Waals surface area contributed by atoms with E-state index in [0.29, 0.717) is 0 Å². The van der Waals surface area contributed by atoms with Crippen molar-refractivity contribution in [2.75, 3.05) is 9.80 Å². The number of hydrogen-bond acceptors (Lipinski definition) is 4. The maximum Gasteiger partial charge on any atom is 0.151 e. The molecule has 0 N–H and O–H groups in total. The Kier molecular flexibility index (Phi) is 7.57. The van der Waals surface area contributed by atoms with Gasteiger partial charge in [-0.1, -0.05) is 146 Å². The molecule has 0 spiro atoms. The second-order valence-electron chi connectivity index (χ2n) is 16.0. The normalized spacial score (nSPS) is 12.7. The molecule has 4 nitrogen and oxygen atoms in total. The van der Waals surface area contributed by atoms with Crippen LogP contribution >= 0.6 is 0 Å². The van der Waals surface area contributed by atoms with Crippen LogP contribution in [0.5, 0.6) is 23.0 Å². The highest BCUT2D eigenvalue weighted by Crippen LogP contribution is 2.58. The van der Waals surface area contributed by atoms with Gasteiger partial charge in [0.2, 0.25) is 0 Å². The molecule has 13 rings (SSSR count). The zero-order valence-corrected chi connectivity index (χ0v) is 33.5. The topological polar surface area (TPSA) is 24.9 Å². The third-order valence-corrected chi connectivity index (χ3v) is 12.5. The minimum Gasteiger partial charge on any atom is -0.453 e. The first-order valence-electron chi connectivity index (χ1n) is 21.1. The van der Waals surface area contributed by atoms with Crippen LogP contribution in [0.4, 0.5) is 34.1 Å². The van der Waals surface area contributed by atoms with E-state index in [1.807, 2.05) is 24.3 Å². The summed E-state index contributed by atoms with van der Waals surface area (Å²) in [7, 11) is 0. The Hall–Kier alpha value is -8.34. The fourth-order valence-electron chi connectivity index (χ4n) is 9.88. The highest BCUT2D eigenvalue weighted by molar-refractivity contribution is 6.28. The quantitative estimate of drug-likeness (QED) is 0.166. The van der Waals surface area contributed by atoms with Crippen molar-refractivity contribution in [2.24, 2.45) is 0 Å². The van der Waals surface area contributed by atoms with Gasteiger partial charge in [-0.2, -0.15) is 0 Å². The van der Waals surface area contributed by atoms with E-state index in [1.165, 1.54) is 32.7 Å². The van der Waals surface area contributed by atoms with Gasteiger partial charge in [0, 0.05) is 10.8 Å². The molecule has 2 aliphatic heterocycles. The van der Waals surface area contributed by atoms with Crippen LogP contribution in [-0.4, -0.2) is 0 Å². The van der Waals surface area contributed by atoms with Gasteiger partial charge in [-0.05, 0) is 127 Å². The Morgan fingerprint density at radius 1 is 0.258 bits per heavy atom. The van der Waals surface area contributed by atoms with Crippen LogP contribution in [-0.2, 0) is 0 Å². The van der Waals surface area contributed by atoms with Crippen molar-refractivity contribution in [2.45, 2.75) is 0 Å². The third kappa shape index (κ3) is 5.20. The Labute approximate surface area is 358 Å². The average Bonchev–Trinajstić information content (AvgIpc) is 3.33. The lowest BCUT2D eigenvalue weighted by Gasteiger charge is -2.35. The molecule has 0 bridgehead atoms. The zero-order chi connectivity index (χ0) is 40.7. The van der Waals surface area contributed by atoms with E-state index in [9.17, 15) is 0 Å². The molecular formula is C58H36N2O2. The molecule has 0 saturated carbocycles. The van der Waals surface area contributed by atoms with Gasteiger partial charge >= 0.3 is 0 Å². The van der Waals surface area contributed by atoms with Crippen molar-refractivity contribution in [3.63, 3.8) is 0 Å². The van der Waals surface area contributed by atoms with Crippen LogP contribution in [0.3, 0.4) is 0 Å². The lowest BCUT2D eigenvalue weighted by molar-refractivity contribution is 0.477. The van der Waals surface area contributed by atoms with Crippen LogP contribution in [0, 0.1) is 0 Å². The monoisotopic (exact) mass is 792 g/mol. The third-order valence-electron chi connectivity index (χ3n) is 12.5. The molecule has 0 radical (unpaired) electrons. The van der Waals surface area contributed by atoms with Crippen LogP contribution in [0.15, 0.2) is 218 Å². The number of rotatable bonds is 4. The number of hydrogen-bond donors (Lipinski definition) is 0. The van der Waals surface area contributed by atoms with Gasteiger partial charge < -0.3 is 19.3 Å². The predicted octanol–water partition coefficient (Wildman–Crippen LogP) is 16.8. The number of anilines is 6. The van der Waals surface area contributed by atoms with E-state index in [2.05, 4.69) is 204 Å². The summed E-state index contributed by atoms with van der Waals surface area (Å²) in [5.74, 6) is 3.27. The van der Waals surface area contributed by atoms with Crippen LogP contribution < -0.4 is 19.3 Å². The van der Waals surface area contributed by atoms with Gasteiger partial charge in [0.05, 0.1) is 34.1 Å². The van der Waals surface area contributed by atoms with E-state index in [4.69, 9.17) is 9.47 Å². The van der Waals surface area contributed by atoms with E-state index < -0.39 is 0 Å². The van der Waals surface area contributed by atoms with E-state index >= 15 is 0 Å². The summed E-state index contributed by atoms with van der Waals surface area (Å²) in [6.45, 7) is 0. The van der Waals surface area contributed by atoms with Crippen molar-refractivity contribution in [3.05, 3.63) is 218 Å². The van der Waals surface area contributed by atoms with E-state index in [1.54, 1.807) is 0 Å². The first kappa shape index (κ1) is 34.5. The molecular weight excluding hydrogens is 757 g/mol. The summed E-state index contributed by atoms with van der Waals surface area (Å²) in [6, 6.07) is 78.3. The molecule has 62 heavy (non-hydrogen) atoms. The van der Waals surface area contributed by atoms with Gasteiger partial charge in [0.15, 0.2) is 23.0 Å². The predicted molar refractivity (Wildman–Crippen MR) is 257 cm³/mol. The lowest BCUT2D eigenvalue weighted by atomic mass is 9.83. The number of benzene rings is 11. The molecule has 290 valence electrons. The number of ether oxygens (including phenoxy) is 2. The fraction of sp³-hybridized carbons (Fsp3) is 0. The first-order chi connectivity index (χ1) is 30.8. The molecule has 0 amide bonds. The number of para-hydroxylation sites is 8. The molecule has 0 aromatic heterocycles. The summed E-state index contributed by atoms with van der Waals surface area (Å²) in [4.78, 5) is 4.80. The molecule has 0 unspecified atom stereocenters. The largest absolute Gasteiger partial charge is 0.453 e. The molecule has 0 atom stereocenters. The number of nitrogens with zero attached hydrogens (tertiary/aromatic N) is 2. The van der Waals surface area contributed by atoms with Gasteiger partial charge in [-0.25, -0.2) is 0 Å². The molecule has 2 aliphatic rings. The van der Waals surface area contributed by atoms with Gasteiger partial charge in [0.25, 0.3) is 0 Å². The van der Waals surface area contributed by atoms with Gasteiger partial charge in [0.1, 0.15) is 0 Å². The van der Waals surface area contributed by atoms with Crippen molar-refractivity contribution in [1.29, 1.82) is 0 Å². The van der Waals surface area contributed by atoms with Crippen molar-refractivity contribution in [1.82, 2.24) is 0 Å². The Bertz CT molecular complexity index is 3300. The van der Waals surface area contributed by atoms with Gasteiger partial charge in [-0.15, -0.1) is 0 Å².